The number of halogens is 3. The maximum absolute atomic E-state index is 12.4. The van der Waals surface area contributed by atoms with Crippen LogP contribution in [0.25, 0.3) is 11.3 Å². The zero-order valence-corrected chi connectivity index (χ0v) is 19.6. The van der Waals surface area contributed by atoms with Crippen LogP contribution >= 0.6 is 0 Å². The van der Waals surface area contributed by atoms with Gasteiger partial charge in [0.2, 0.25) is 5.95 Å². The van der Waals surface area contributed by atoms with Crippen molar-refractivity contribution < 1.29 is 32.2 Å². The van der Waals surface area contributed by atoms with Crippen LogP contribution in [0.3, 0.4) is 0 Å². The van der Waals surface area contributed by atoms with E-state index in [-0.39, 0.29) is 5.69 Å². The van der Waals surface area contributed by atoms with Gasteiger partial charge in [-0.1, -0.05) is 18.7 Å². The minimum absolute atomic E-state index is 0.222. The number of hydrogen-bond donors (Lipinski definition) is 2. The molecule has 0 bridgehead atoms. The summed E-state index contributed by atoms with van der Waals surface area (Å²) in [6, 6.07) is 6.49. The minimum Gasteiger partial charge on any atom is -0.415 e. The summed E-state index contributed by atoms with van der Waals surface area (Å²) in [4.78, 5) is 34.4. The quantitative estimate of drug-likeness (QED) is 0.277. The van der Waals surface area contributed by atoms with Crippen molar-refractivity contribution in [3.8, 4) is 11.3 Å². The Kier molecular flexibility index (Phi) is 7.38. The monoisotopic (exact) mass is 517 g/mol. The Balaban J connectivity index is 1.60. The highest BCUT2D eigenvalue weighted by atomic mass is 19.4. The SMILES string of the molecule is C=C(OC(=O)C(F)(F)F)C(=O)Nc1cccc(-c2nc(Nc3cnn(C)c3)ncc2N2CCOCC2)c1. The molecular formula is C23H22F3N7O4. The summed E-state index contributed by atoms with van der Waals surface area (Å²) in [5.41, 5.74) is 2.77. The minimum atomic E-state index is -5.26. The molecule has 3 aromatic rings. The van der Waals surface area contributed by atoms with Crippen molar-refractivity contribution in [1.82, 2.24) is 19.7 Å². The van der Waals surface area contributed by atoms with Crippen molar-refractivity contribution in [3.05, 3.63) is 55.2 Å². The molecule has 2 aromatic heterocycles. The van der Waals surface area contributed by atoms with Crippen LogP contribution in [0.5, 0.6) is 0 Å². The molecule has 194 valence electrons. The molecule has 4 rings (SSSR count). The normalized spacial score (nSPS) is 13.7. The van der Waals surface area contributed by atoms with Crippen molar-refractivity contribution in [2.75, 3.05) is 41.8 Å². The molecule has 1 saturated heterocycles. The van der Waals surface area contributed by atoms with E-state index >= 15 is 0 Å². The standard InChI is InChI=1S/C23H22F3N7O4/c1-14(37-21(35)23(24,25)26)20(34)29-16-5-3-4-15(10-16)19-18(33-6-8-36-9-7-33)12-27-22(31-19)30-17-11-28-32(2)13-17/h3-5,10-13H,1,6-9H2,2H3,(H,29,34)(H,27,30,31). The van der Waals surface area contributed by atoms with Crippen LogP contribution in [0, 0.1) is 0 Å². The number of amides is 1. The first-order valence-corrected chi connectivity index (χ1v) is 11.0. The third-order valence-electron chi connectivity index (χ3n) is 5.18. The number of carbonyl (C=O) groups is 2. The number of hydrogen-bond acceptors (Lipinski definition) is 9. The topological polar surface area (TPSA) is 124 Å². The lowest BCUT2D eigenvalue weighted by molar-refractivity contribution is -0.195. The smallest absolute Gasteiger partial charge is 0.415 e. The number of nitrogens with zero attached hydrogens (tertiary/aromatic N) is 5. The maximum atomic E-state index is 12.4. The lowest BCUT2D eigenvalue weighted by Crippen LogP contribution is -2.36. The van der Waals surface area contributed by atoms with E-state index in [4.69, 9.17) is 4.74 Å². The van der Waals surface area contributed by atoms with Crippen molar-refractivity contribution in [2.24, 2.45) is 7.05 Å². The molecule has 1 aliphatic heterocycles. The van der Waals surface area contributed by atoms with E-state index in [0.29, 0.717) is 49.2 Å². The van der Waals surface area contributed by atoms with Crippen LogP contribution in [0.4, 0.5) is 36.2 Å². The highest BCUT2D eigenvalue weighted by Gasteiger charge is 2.42. The van der Waals surface area contributed by atoms with E-state index in [1.54, 1.807) is 48.5 Å². The van der Waals surface area contributed by atoms with Gasteiger partial charge in [-0.05, 0) is 12.1 Å². The van der Waals surface area contributed by atoms with Crippen LogP contribution in [0.15, 0.2) is 55.2 Å². The molecule has 0 saturated carbocycles. The van der Waals surface area contributed by atoms with Crippen LogP contribution in [0.1, 0.15) is 0 Å². The van der Waals surface area contributed by atoms with E-state index in [2.05, 4.69) is 41.9 Å². The number of anilines is 4. The van der Waals surface area contributed by atoms with Gasteiger partial charge in [0.15, 0.2) is 5.76 Å². The zero-order valence-electron chi connectivity index (χ0n) is 19.6. The molecule has 14 heteroatoms. The van der Waals surface area contributed by atoms with Gasteiger partial charge in [-0.2, -0.15) is 18.3 Å². The van der Waals surface area contributed by atoms with E-state index < -0.39 is 23.8 Å². The number of ether oxygens (including phenoxy) is 2. The number of carbonyl (C=O) groups excluding carboxylic acids is 2. The van der Waals surface area contributed by atoms with Gasteiger partial charge in [0.25, 0.3) is 5.91 Å². The van der Waals surface area contributed by atoms with Gasteiger partial charge in [-0.3, -0.25) is 9.48 Å². The van der Waals surface area contributed by atoms with Gasteiger partial charge in [-0.15, -0.1) is 0 Å². The van der Waals surface area contributed by atoms with Gasteiger partial charge >= 0.3 is 12.1 Å². The molecule has 0 unspecified atom stereocenters. The number of aromatic nitrogens is 4. The number of aryl methyl sites for hydroxylation is 1. The van der Waals surface area contributed by atoms with Gasteiger partial charge in [-0.25, -0.2) is 14.8 Å². The molecule has 0 aliphatic carbocycles. The molecule has 2 N–H and O–H groups in total. The fraction of sp³-hybridized carbons (Fsp3) is 0.261. The van der Waals surface area contributed by atoms with Crippen molar-refractivity contribution in [3.63, 3.8) is 0 Å². The molecule has 0 atom stereocenters. The number of esters is 1. The zero-order chi connectivity index (χ0) is 26.6. The highest BCUT2D eigenvalue weighted by Crippen LogP contribution is 2.32. The summed E-state index contributed by atoms with van der Waals surface area (Å²) in [7, 11) is 1.78. The van der Waals surface area contributed by atoms with Gasteiger partial charge in [0.1, 0.15) is 0 Å². The summed E-state index contributed by atoms with van der Waals surface area (Å²) in [6.45, 7) is 5.40. The molecule has 3 heterocycles. The Morgan fingerprint density at radius 2 is 1.92 bits per heavy atom. The average Bonchev–Trinajstić information content (AvgIpc) is 3.28. The lowest BCUT2D eigenvalue weighted by Gasteiger charge is -2.30. The third kappa shape index (κ3) is 6.41. The molecule has 1 fully saturated rings. The molecule has 1 aliphatic rings. The highest BCUT2D eigenvalue weighted by molar-refractivity contribution is 6.03. The second-order valence-electron chi connectivity index (χ2n) is 7.90. The fourth-order valence-corrected chi connectivity index (χ4v) is 3.46. The summed E-state index contributed by atoms with van der Waals surface area (Å²) in [5.74, 6) is -4.33. The molecule has 11 nitrogen and oxygen atoms in total. The maximum Gasteiger partial charge on any atom is 0.491 e. The molecule has 1 aromatic carbocycles. The van der Waals surface area contributed by atoms with E-state index in [1.807, 2.05) is 0 Å². The second-order valence-corrected chi connectivity index (χ2v) is 7.90. The fourth-order valence-electron chi connectivity index (χ4n) is 3.46. The second kappa shape index (κ2) is 10.7. The number of alkyl halides is 3. The molecule has 0 spiro atoms. The Labute approximate surface area is 208 Å². The van der Waals surface area contributed by atoms with E-state index in [1.165, 1.54) is 6.07 Å². The van der Waals surface area contributed by atoms with Crippen molar-refractivity contribution in [2.45, 2.75) is 6.18 Å². The van der Waals surface area contributed by atoms with Gasteiger partial charge in [0.05, 0.1) is 42.7 Å². The molecular weight excluding hydrogens is 495 g/mol. The molecule has 0 radical (unpaired) electrons. The summed E-state index contributed by atoms with van der Waals surface area (Å²) < 4.78 is 48.3. The Bertz CT molecular complexity index is 1320. The first-order valence-electron chi connectivity index (χ1n) is 11.0. The number of morpholine rings is 1. The number of rotatable bonds is 7. The predicted octanol–water partition coefficient (Wildman–Crippen LogP) is 3.02. The number of benzene rings is 1. The van der Waals surface area contributed by atoms with Crippen LogP contribution in [-0.4, -0.2) is 64.1 Å². The molecule has 1 amide bonds. The van der Waals surface area contributed by atoms with Crippen LogP contribution in [-0.2, 0) is 26.1 Å². The molecule has 37 heavy (non-hydrogen) atoms. The third-order valence-corrected chi connectivity index (χ3v) is 5.18. The first-order chi connectivity index (χ1) is 17.6. The van der Waals surface area contributed by atoms with Crippen LogP contribution in [0.2, 0.25) is 0 Å². The van der Waals surface area contributed by atoms with Crippen molar-refractivity contribution >= 4 is 34.9 Å². The number of nitrogens with one attached hydrogen (secondary N) is 2. The Morgan fingerprint density at radius 1 is 1.16 bits per heavy atom. The van der Waals surface area contributed by atoms with E-state index in [9.17, 15) is 22.8 Å². The predicted molar refractivity (Wildman–Crippen MR) is 127 cm³/mol. The Morgan fingerprint density at radius 3 is 2.59 bits per heavy atom. The first kappa shape index (κ1) is 25.6. The summed E-state index contributed by atoms with van der Waals surface area (Å²) in [6.07, 6.45) is -0.204. The van der Waals surface area contributed by atoms with Crippen molar-refractivity contribution in [1.29, 1.82) is 0 Å². The van der Waals surface area contributed by atoms with Gasteiger partial charge < -0.3 is 25.0 Å². The Hall–Kier alpha value is -4.46. The largest absolute Gasteiger partial charge is 0.491 e. The summed E-state index contributed by atoms with van der Waals surface area (Å²) in [5, 5.41) is 9.57. The van der Waals surface area contributed by atoms with Crippen LogP contribution < -0.4 is 15.5 Å². The van der Waals surface area contributed by atoms with E-state index in [0.717, 1.165) is 5.69 Å². The summed E-state index contributed by atoms with van der Waals surface area (Å²) >= 11 is 0. The average molecular weight is 517 g/mol. The lowest BCUT2D eigenvalue weighted by atomic mass is 10.1. The van der Waals surface area contributed by atoms with Gasteiger partial charge in [0, 0.05) is 37.6 Å².